The Morgan fingerprint density at radius 3 is 2.81 bits per heavy atom. The van der Waals surface area contributed by atoms with E-state index >= 15 is 4.39 Å². The largest absolute Gasteiger partial charge is 0.506 e. The molecule has 1 spiro atoms. The Morgan fingerprint density at radius 2 is 2.22 bits per heavy atom. The summed E-state index contributed by atoms with van der Waals surface area (Å²) in [5.41, 5.74) is 1.28. The molecule has 8 heteroatoms. The summed E-state index contributed by atoms with van der Waals surface area (Å²) < 4.78 is 30.9. The van der Waals surface area contributed by atoms with Gasteiger partial charge in [0.15, 0.2) is 5.82 Å². The van der Waals surface area contributed by atoms with Crippen LogP contribution in [0.1, 0.15) is 50.7 Å². The van der Waals surface area contributed by atoms with Crippen molar-refractivity contribution in [2.24, 2.45) is 5.92 Å². The lowest BCUT2D eigenvalue weighted by molar-refractivity contribution is -0.117. The van der Waals surface area contributed by atoms with Gasteiger partial charge < -0.3 is 10.4 Å². The maximum Gasteiger partial charge on any atom is 0.253 e. The molecule has 1 heterocycles. The van der Waals surface area contributed by atoms with Crippen LogP contribution in [-0.4, -0.2) is 34.4 Å². The molecule has 1 amide bonds. The summed E-state index contributed by atoms with van der Waals surface area (Å²) in [5.74, 6) is -0.624. The fraction of sp³-hybridized carbons (Fsp3) is 0.632. The van der Waals surface area contributed by atoms with Gasteiger partial charge in [0.25, 0.3) is 5.91 Å². The minimum atomic E-state index is -1.87. The van der Waals surface area contributed by atoms with E-state index in [0.29, 0.717) is 17.9 Å². The first-order valence-electron chi connectivity index (χ1n) is 9.58. The zero-order valence-corrected chi connectivity index (χ0v) is 16.5. The van der Waals surface area contributed by atoms with Gasteiger partial charge in [-0.25, -0.2) is 8.60 Å². The van der Waals surface area contributed by atoms with Crippen molar-refractivity contribution in [3.63, 3.8) is 0 Å². The van der Waals surface area contributed by atoms with Crippen LogP contribution in [0.15, 0.2) is 6.07 Å². The maximum absolute atomic E-state index is 15.5. The molecule has 27 heavy (non-hydrogen) atoms. The van der Waals surface area contributed by atoms with E-state index in [1.165, 1.54) is 0 Å². The number of phenolic OH excluding ortho intramolecular Hbond substituents is 1. The molecule has 2 unspecified atom stereocenters. The van der Waals surface area contributed by atoms with Crippen molar-refractivity contribution < 1.29 is 18.5 Å². The van der Waals surface area contributed by atoms with Crippen molar-refractivity contribution in [1.29, 1.82) is 0 Å². The minimum absolute atomic E-state index is 0.0574. The molecule has 0 radical (unpaired) electrons. The Balaban J connectivity index is 1.66. The van der Waals surface area contributed by atoms with Crippen LogP contribution in [0.5, 0.6) is 5.75 Å². The topological polar surface area (TPSA) is 81.7 Å². The highest BCUT2D eigenvalue weighted by atomic mass is 32.2. The average Bonchev–Trinajstić information content (AvgIpc) is 3.26. The van der Waals surface area contributed by atoms with E-state index in [9.17, 15) is 14.1 Å². The summed E-state index contributed by atoms with van der Waals surface area (Å²) in [6, 6.07) is 1.82. The lowest BCUT2D eigenvalue weighted by Crippen LogP contribution is -2.40. The monoisotopic (exact) mass is 395 g/mol. The number of carbonyl (C=O) groups is 1. The van der Waals surface area contributed by atoms with Crippen molar-refractivity contribution in [3.05, 3.63) is 23.0 Å². The molecule has 3 aliphatic rings. The predicted octanol–water partition coefficient (Wildman–Crippen LogP) is 2.03. The Labute approximate surface area is 161 Å². The van der Waals surface area contributed by atoms with Crippen molar-refractivity contribution >= 4 is 22.8 Å². The molecule has 2 aliphatic carbocycles. The van der Waals surface area contributed by atoms with Crippen LogP contribution in [0.4, 0.5) is 10.1 Å². The number of nitrogens with one attached hydrogen (secondary N) is 2. The van der Waals surface area contributed by atoms with E-state index in [2.05, 4.69) is 23.9 Å². The van der Waals surface area contributed by atoms with Crippen molar-refractivity contribution in [3.8, 4) is 5.75 Å². The Hall–Kier alpha value is -1.67. The summed E-state index contributed by atoms with van der Waals surface area (Å²) in [4.78, 5) is 11.5. The number of anilines is 1. The Bertz CT molecular complexity index is 810. The second kappa shape index (κ2) is 6.74. The number of hydrogen-bond acceptors (Lipinski definition) is 4. The zero-order valence-electron chi connectivity index (χ0n) is 15.7. The number of nitrogens with zero attached hydrogens (tertiary/aromatic N) is 1. The van der Waals surface area contributed by atoms with E-state index in [-0.39, 0.29) is 29.4 Å². The summed E-state index contributed by atoms with van der Waals surface area (Å²) in [6.45, 7) is 5.03. The third kappa shape index (κ3) is 3.33. The summed E-state index contributed by atoms with van der Waals surface area (Å²) in [7, 11) is 0. The van der Waals surface area contributed by atoms with Gasteiger partial charge in [0.05, 0.1) is 0 Å². The van der Waals surface area contributed by atoms with Crippen LogP contribution >= 0.6 is 0 Å². The van der Waals surface area contributed by atoms with Crippen LogP contribution in [0.25, 0.3) is 0 Å². The summed E-state index contributed by atoms with van der Waals surface area (Å²) in [6.07, 6.45) is 4.55. The highest BCUT2D eigenvalue weighted by molar-refractivity contribution is 7.85. The molecule has 1 aliphatic heterocycles. The van der Waals surface area contributed by atoms with Gasteiger partial charge >= 0.3 is 0 Å². The number of benzene rings is 1. The van der Waals surface area contributed by atoms with Gasteiger partial charge in [-0.2, -0.15) is 0 Å². The highest BCUT2D eigenvalue weighted by Gasteiger charge is 2.51. The third-order valence-corrected chi connectivity index (χ3v) is 7.04. The standard InChI is InChI=1S/C19H26FN3O3S/c1-11(2)3-6-21-12-7-13-14(19(9-12)4-5-19)8-15(24)18(17(13)20)23-10-16(25)22-27(23)26/h8,11-12,21,24H,3-7,9-10H2,1-2H3,(H,22,25). The van der Waals surface area contributed by atoms with Crippen molar-refractivity contribution in [1.82, 2.24) is 10.0 Å². The summed E-state index contributed by atoms with van der Waals surface area (Å²) in [5, 5.41) is 14.0. The number of halogens is 1. The normalized spacial score (nSPS) is 25.8. The third-order valence-electron chi connectivity index (χ3n) is 5.93. The average molecular weight is 396 g/mol. The Morgan fingerprint density at radius 1 is 1.48 bits per heavy atom. The highest BCUT2D eigenvalue weighted by Crippen LogP contribution is 2.57. The van der Waals surface area contributed by atoms with Gasteiger partial charge in [0, 0.05) is 6.04 Å². The van der Waals surface area contributed by atoms with Crippen molar-refractivity contribution in [2.45, 2.75) is 57.4 Å². The van der Waals surface area contributed by atoms with Gasteiger partial charge in [-0.3, -0.25) is 13.8 Å². The number of aromatic hydroxyl groups is 1. The zero-order chi connectivity index (χ0) is 19.3. The second-order valence-corrected chi connectivity index (χ2v) is 9.56. The fourth-order valence-electron chi connectivity index (χ4n) is 4.36. The number of rotatable bonds is 5. The minimum Gasteiger partial charge on any atom is -0.506 e. The van der Waals surface area contributed by atoms with Gasteiger partial charge in [0.2, 0.25) is 11.2 Å². The molecule has 1 aromatic carbocycles. The second-order valence-electron chi connectivity index (χ2n) is 8.42. The van der Waals surface area contributed by atoms with Crippen LogP contribution < -0.4 is 14.3 Å². The number of hydrogen-bond donors (Lipinski definition) is 3. The number of fused-ring (bicyclic) bond motifs is 2. The quantitative estimate of drug-likeness (QED) is 0.713. The fourth-order valence-corrected chi connectivity index (χ4v) is 5.30. The molecular weight excluding hydrogens is 369 g/mol. The number of amides is 1. The van der Waals surface area contributed by atoms with Gasteiger partial charge in [-0.15, -0.1) is 0 Å². The van der Waals surface area contributed by atoms with E-state index in [0.717, 1.165) is 42.1 Å². The summed E-state index contributed by atoms with van der Waals surface area (Å²) >= 11 is -1.87. The Kier molecular flexibility index (Phi) is 4.66. The van der Waals surface area contributed by atoms with E-state index in [1.54, 1.807) is 6.07 Å². The number of phenols is 1. The van der Waals surface area contributed by atoms with Crippen molar-refractivity contribution in [2.75, 3.05) is 17.4 Å². The molecule has 4 rings (SSSR count). The molecule has 1 aromatic rings. The maximum atomic E-state index is 15.5. The van der Waals surface area contributed by atoms with Crippen LogP contribution in [0.3, 0.4) is 0 Å². The molecule has 1 saturated heterocycles. The van der Waals surface area contributed by atoms with E-state index < -0.39 is 22.9 Å². The molecule has 1 saturated carbocycles. The SMILES string of the molecule is CC(C)CCNC1Cc2c(cc(O)c(N3CC(=O)NS3=O)c2F)C2(CC2)C1. The van der Waals surface area contributed by atoms with Crippen LogP contribution in [-0.2, 0) is 27.8 Å². The molecule has 0 bridgehead atoms. The molecule has 3 N–H and O–H groups in total. The van der Waals surface area contributed by atoms with Gasteiger partial charge in [0.1, 0.15) is 18.0 Å². The lowest BCUT2D eigenvalue weighted by Gasteiger charge is -2.34. The molecule has 0 aromatic heterocycles. The van der Waals surface area contributed by atoms with Gasteiger partial charge in [-0.1, -0.05) is 13.8 Å². The van der Waals surface area contributed by atoms with E-state index in [4.69, 9.17) is 0 Å². The predicted molar refractivity (Wildman–Crippen MR) is 102 cm³/mol. The first-order valence-corrected chi connectivity index (χ1v) is 10.7. The molecule has 2 fully saturated rings. The molecular formula is C19H26FN3O3S. The van der Waals surface area contributed by atoms with Crippen LogP contribution in [0, 0.1) is 11.7 Å². The first kappa shape index (κ1) is 18.7. The number of carbonyl (C=O) groups excluding carboxylic acids is 1. The van der Waals surface area contributed by atoms with Crippen LogP contribution in [0.2, 0.25) is 0 Å². The van der Waals surface area contributed by atoms with E-state index in [1.807, 2.05) is 0 Å². The molecule has 6 nitrogen and oxygen atoms in total. The molecule has 148 valence electrons. The molecule has 2 atom stereocenters. The smallest absolute Gasteiger partial charge is 0.253 e. The first-order chi connectivity index (χ1) is 12.8. The lowest BCUT2D eigenvalue weighted by atomic mass is 9.77. The van der Waals surface area contributed by atoms with Gasteiger partial charge in [-0.05, 0) is 67.2 Å².